The van der Waals surface area contributed by atoms with E-state index >= 15 is 0 Å². The molecule has 0 aromatic heterocycles. The molecule has 0 bridgehead atoms. The minimum atomic E-state index is -4.89. The number of hydrogen-bond acceptors (Lipinski definition) is 23. The van der Waals surface area contributed by atoms with Gasteiger partial charge in [0.1, 0.15) is 50.0 Å². The van der Waals surface area contributed by atoms with Crippen LogP contribution in [0.25, 0.3) is 0 Å². The van der Waals surface area contributed by atoms with Gasteiger partial charge in [-0.15, -0.1) is 0 Å². The van der Waals surface area contributed by atoms with Gasteiger partial charge in [-0.2, -0.15) is 13.2 Å². The lowest BCUT2D eigenvalue weighted by molar-refractivity contribution is -0.174. The second-order valence-corrected chi connectivity index (χ2v) is 45.1. The van der Waals surface area contributed by atoms with Crippen LogP contribution in [0.5, 0.6) is 11.5 Å². The number of amides is 5. The quantitative estimate of drug-likeness (QED) is 0.0327. The number of alkyl halides is 3. The SMILES string of the molecule is CCO.CS(=O)(=O)CP(=O)(Oc1ccccc1)Oc1ccccc1.C[C@H]1C[C@H](NC(=O)C(F)(F)F)C[C@@H]1CCS(N)(=O)=O.C[C@H]1C[C@H](NC(=O)OC(C)(C)C)C[C@@H]1/C=C/S(C)(=O)=O.C[C@H]1C[C@H](NC(=O)OC(C)(C)C)C[C@@H]1C=O.C[C@H]1C[C@H](NC(=O)OC(C)(C)C)C[C@@H]1CCS(C)(=O)=O.C[C@H]1C[C@H](NC(=O)OC(C)(C)C)C[C@@H]1CO.[2H]CC. The summed E-state index contributed by atoms with van der Waals surface area (Å²) in [6.07, 6.45) is 8.08. The maximum atomic E-state index is 12.7. The van der Waals surface area contributed by atoms with Crippen molar-refractivity contribution in [3.63, 3.8) is 0 Å². The average Bonchev–Trinajstić information content (AvgIpc) is 1.11. The van der Waals surface area contributed by atoms with Gasteiger partial charge in [0.05, 0.1) is 11.5 Å². The van der Waals surface area contributed by atoms with Crippen molar-refractivity contribution >= 4 is 83.7 Å². The molecule has 5 aliphatic carbocycles. The average molecular weight is 1770 g/mol. The Balaban J connectivity index is 0.00000138. The number of benzene rings is 2. The fraction of sp³-hybridized carbons (Fsp3) is 0.750. The molecule has 5 aliphatic rings. The first-order valence-corrected chi connectivity index (χ1v) is 48.9. The van der Waals surface area contributed by atoms with Crippen molar-refractivity contribution in [3.8, 4) is 11.5 Å². The molecule has 0 heterocycles. The minimum Gasteiger partial charge on any atom is -0.444 e. The monoisotopic (exact) mass is 1770 g/mol. The maximum Gasteiger partial charge on any atom is 0.471 e. The van der Waals surface area contributed by atoms with Crippen LogP contribution >= 0.6 is 7.60 Å². The Kier molecular flexibility index (Phi) is 46.6. The Labute approximate surface area is 697 Å². The lowest BCUT2D eigenvalue weighted by Gasteiger charge is -2.21. The molecule has 29 nitrogen and oxygen atoms in total. The summed E-state index contributed by atoms with van der Waals surface area (Å²) in [5.74, 6) is 1.15. The highest BCUT2D eigenvalue weighted by Crippen LogP contribution is 2.49. The fourth-order valence-corrected chi connectivity index (χ4v) is 18.9. The lowest BCUT2D eigenvalue weighted by atomic mass is 9.96. The van der Waals surface area contributed by atoms with Crippen LogP contribution in [0.15, 0.2) is 72.1 Å². The molecule has 7 rings (SSSR count). The number of hydrogen-bond donors (Lipinski definition) is 8. The molecule has 0 aliphatic heterocycles. The van der Waals surface area contributed by atoms with Gasteiger partial charge in [-0.05, 0) is 245 Å². The van der Waals surface area contributed by atoms with E-state index in [9.17, 15) is 80.2 Å². The van der Waals surface area contributed by atoms with E-state index < -0.39 is 111 Å². The van der Waals surface area contributed by atoms with Crippen LogP contribution in [-0.2, 0) is 72.6 Å². The van der Waals surface area contributed by atoms with E-state index in [4.69, 9.17) is 44.7 Å². The first-order chi connectivity index (χ1) is 53.7. The molecule has 0 unspecified atom stereocenters. The number of halogens is 3. The maximum absolute atomic E-state index is 12.7. The summed E-state index contributed by atoms with van der Waals surface area (Å²) < 4.78 is 176. The van der Waals surface area contributed by atoms with Crippen molar-refractivity contribution in [2.24, 2.45) is 64.3 Å². The molecule has 5 amide bonds. The van der Waals surface area contributed by atoms with Gasteiger partial charge < -0.3 is 69.6 Å². The molecule has 9 N–H and O–H groups in total. The van der Waals surface area contributed by atoms with Crippen molar-refractivity contribution in [1.82, 2.24) is 26.6 Å². The van der Waals surface area contributed by atoms with Crippen molar-refractivity contribution in [1.29, 1.82) is 0 Å². The Bertz CT molecular complexity index is 3860. The summed E-state index contributed by atoms with van der Waals surface area (Å²) in [5, 5.41) is 36.2. The molecule has 5 fully saturated rings. The molecule has 678 valence electrons. The number of sulfone groups is 3. The summed E-state index contributed by atoms with van der Waals surface area (Å²) in [4.78, 5) is 68.0. The lowest BCUT2D eigenvalue weighted by Crippen LogP contribution is -2.42. The predicted octanol–water partition coefficient (Wildman–Crippen LogP) is 14.0. The van der Waals surface area contributed by atoms with Gasteiger partial charge >= 0.3 is 44.1 Å². The van der Waals surface area contributed by atoms with Gasteiger partial charge in [0, 0.05) is 74.9 Å². The highest BCUT2D eigenvalue weighted by molar-refractivity contribution is 7.97. The van der Waals surface area contributed by atoms with Crippen LogP contribution in [0.3, 0.4) is 0 Å². The third-order valence-corrected chi connectivity index (χ3v) is 25.0. The smallest absolute Gasteiger partial charge is 0.444 e. The van der Waals surface area contributed by atoms with Crippen molar-refractivity contribution in [2.45, 2.75) is 274 Å². The van der Waals surface area contributed by atoms with E-state index in [0.717, 1.165) is 63.9 Å². The van der Waals surface area contributed by atoms with Gasteiger partial charge in [-0.25, -0.2) is 62.6 Å². The molecule has 0 saturated heterocycles. The Morgan fingerprint density at radius 3 is 1.09 bits per heavy atom. The number of primary sulfonamides is 1. The Morgan fingerprint density at radius 2 is 0.803 bits per heavy atom. The molecule has 117 heavy (non-hydrogen) atoms. The van der Waals surface area contributed by atoms with Crippen LogP contribution in [-0.4, -0.2) is 188 Å². The zero-order valence-corrected chi connectivity index (χ0v) is 76.8. The van der Waals surface area contributed by atoms with Crippen LogP contribution < -0.4 is 40.8 Å². The molecule has 37 heteroatoms. The number of alkyl carbamates (subject to hydrolysis) is 4. The standard InChI is InChI=1S/C14H27NO4S.C14H25NO4S.C14H15O5PS.C12H23NO3.C12H21NO3.C10H17F3N2O3S.C2H6O.C2H6/c2*1-10-8-12(15-13(16)19-14(2,3)4)9-11(10)6-7-20(5,17)18;1-21(16,17)12-20(15,18-13-8-4-2-5-9-13)19-14-10-6-3-7-11-14;2*1-8-5-10(6-9(8)7-14)13-11(15)16-12(2,3)4;1-6-4-8(15-9(16)10(11,12)13)5-7(6)2-3-19(14,17)18;1-2-3;1-2/h10-12H,6-9H2,1-5H3,(H,15,16);6-7,10-12H,8-9H2,1-5H3,(H,15,16);2-11H,12H2,1H3;8-10,14H,5-7H2,1-4H3,(H,13,15);7-10H,5-6H2,1-4H3,(H,13,15);6-8H,2-5H2,1H3,(H,15,16)(H2,14,17,18);3H,2H2,1H3;1-2H3/b;7-6+;;;;;;/t2*10-,11-,12-;;2*8-,9+,10-;6-,7-,8-;;/m00.000../s1/i;;;;;;;1D. The minimum absolute atomic E-state index is 0.0362. The second-order valence-electron chi connectivity index (χ2n) is 34.7. The third-order valence-electron chi connectivity index (χ3n) is 18.5. The number of para-hydroxylation sites is 2. The summed E-state index contributed by atoms with van der Waals surface area (Å²) >= 11 is 0. The number of rotatable bonds is 21. The molecular formula is C80H140F3N6O23PS4. The second kappa shape index (κ2) is 50.2. The first-order valence-electron chi connectivity index (χ1n) is 40.1. The van der Waals surface area contributed by atoms with E-state index in [1.54, 1.807) is 80.6 Å². The highest BCUT2D eigenvalue weighted by Gasteiger charge is 2.43. The number of nitrogens with one attached hydrogen (secondary N) is 5. The number of carbonyl (C=O) groups excluding carboxylic acids is 6. The molecule has 0 radical (unpaired) electrons. The van der Waals surface area contributed by atoms with Gasteiger partial charge in [0.2, 0.25) is 10.0 Å². The number of allylic oxidation sites excluding steroid dienone is 1. The topological polar surface area (TPSA) is 438 Å². The highest BCUT2D eigenvalue weighted by atomic mass is 32.2. The first kappa shape index (κ1) is 109. The summed E-state index contributed by atoms with van der Waals surface area (Å²) in [6.45, 7) is 36.6. The van der Waals surface area contributed by atoms with E-state index in [2.05, 4.69) is 42.0 Å². The van der Waals surface area contributed by atoms with Crippen LogP contribution in [0.4, 0.5) is 32.3 Å². The van der Waals surface area contributed by atoms with Crippen LogP contribution in [0.1, 0.15) is 217 Å². The van der Waals surface area contributed by atoms with Crippen molar-refractivity contribution in [3.05, 3.63) is 72.1 Å². The van der Waals surface area contributed by atoms with Crippen LogP contribution in [0, 0.1) is 59.2 Å². The van der Waals surface area contributed by atoms with Gasteiger partial charge in [-0.1, -0.05) is 90.9 Å². The molecule has 15 atom stereocenters. The normalized spacial score (nSPS) is 24.7. The Hall–Kier alpha value is -6.30. The third kappa shape index (κ3) is 53.9. The van der Waals surface area contributed by atoms with E-state index in [1.165, 1.54) is 17.9 Å². The number of ether oxygens (including phenoxy) is 4. The number of carbonyl (C=O) groups is 6. The number of aliphatic hydroxyl groups is 2. The molecule has 5 saturated carbocycles. The van der Waals surface area contributed by atoms with E-state index in [0.29, 0.717) is 79.6 Å². The number of sulfonamides is 1. The van der Waals surface area contributed by atoms with Crippen molar-refractivity contribution < 1.29 is 120 Å². The van der Waals surface area contributed by atoms with Gasteiger partial charge in [0.15, 0.2) is 25.2 Å². The molecule has 2 aromatic carbocycles. The zero-order valence-electron chi connectivity index (χ0n) is 73.7. The van der Waals surface area contributed by atoms with Gasteiger partial charge in [0.25, 0.3) is 0 Å². The predicted molar refractivity (Wildman–Crippen MR) is 450 cm³/mol. The molecular weight excluding hydrogens is 1630 g/mol. The summed E-state index contributed by atoms with van der Waals surface area (Å²) in [6, 6.07) is 16.4. The van der Waals surface area contributed by atoms with Gasteiger partial charge in [-0.3, -0.25) is 4.79 Å². The molecule has 0 spiro atoms. The summed E-state index contributed by atoms with van der Waals surface area (Å²) in [5.41, 5.74) is -2.62. The number of nitrogens with two attached hydrogens (primary N) is 1. The van der Waals surface area contributed by atoms with E-state index in [-0.39, 0.29) is 78.7 Å². The number of aliphatic hydroxyl groups excluding tert-OH is 2. The number of aldehydes is 1. The zero-order chi connectivity index (χ0) is 91.4. The largest absolute Gasteiger partial charge is 0.471 e. The van der Waals surface area contributed by atoms with Crippen molar-refractivity contribution in [2.75, 3.05) is 49.0 Å². The van der Waals surface area contributed by atoms with E-state index in [1.807, 2.05) is 102 Å². The summed E-state index contributed by atoms with van der Waals surface area (Å²) in [7, 11) is -17.0. The molecule has 2 aromatic rings. The van der Waals surface area contributed by atoms with Crippen LogP contribution in [0.2, 0.25) is 0 Å². The fourth-order valence-electron chi connectivity index (χ4n) is 13.4. The Morgan fingerprint density at radius 1 is 0.504 bits per heavy atom.